The molecule has 55 heavy (non-hydrogen) atoms. The Morgan fingerprint density at radius 2 is 1.16 bits per heavy atom. The number of hydrogen-bond acceptors (Lipinski definition) is 5. The van der Waals surface area contributed by atoms with Crippen LogP contribution in [0.4, 0.5) is 0 Å². The minimum atomic E-state index is 0.0804. The number of unbranched alkanes of at least 4 members (excludes halogenated alkanes) is 2. The zero-order chi connectivity index (χ0) is 38.4. The number of hydrogen-bond donors (Lipinski definition) is 1. The van der Waals surface area contributed by atoms with Gasteiger partial charge in [0.25, 0.3) is 0 Å². The number of benzene rings is 5. The Morgan fingerprint density at radius 1 is 0.618 bits per heavy atom. The summed E-state index contributed by atoms with van der Waals surface area (Å²) in [5.74, 6) is 1.71. The number of pyridine rings is 2. The molecule has 7 rings (SSSR count). The molecule has 5 aromatic carbocycles. The second-order valence-electron chi connectivity index (χ2n) is 15.6. The van der Waals surface area contributed by atoms with E-state index in [4.69, 9.17) is 19.4 Å². The van der Waals surface area contributed by atoms with Crippen molar-refractivity contribution in [3.63, 3.8) is 0 Å². The highest BCUT2D eigenvalue weighted by molar-refractivity contribution is 6.24. The lowest BCUT2D eigenvalue weighted by Gasteiger charge is -2.24. The molecular weight excluding hydrogens is 675 g/mol. The number of aromatic nitrogens is 2. The predicted molar refractivity (Wildman–Crippen MR) is 233 cm³/mol. The first-order valence-corrected chi connectivity index (χ1v) is 20.2. The van der Waals surface area contributed by atoms with Gasteiger partial charge >= 0.3 is 0 Å². The number of nitrogens with zero attached hydrogens (tertiary/aromatic N) is 2. The van der Waals surface area contributed by atoms with Crippen molar-refractivity contribution in [3.05, 3.63) is 127 Å². The summed E-state index contributed by atoms with van der Waals surface area (Å²) in [5.41, 5.74) is 8.65. The first-order chi connectivity index (χ1) is 26.8. The maximum atomic E-state index is 5.93. The molecular formula is C50H55N3O2. The van der Waals surface area contributed by atoms with Crippen LogP contribution in [0.15, 0.2) is 110 Å². The quantitative estimate of drug-likeness (QED) is 0.0704. The Kier molecular flexibility index (Phi) is 11.7. The van der Waals surface area contributed by atoms with Crippen molar-refractivity contribution in [1.29, 1.82) is 0 Å². The molecule has 0 aliphatic carbocycles. The van der Waals surface area contributed by atoms with Gasteiger partial charge in [-0.1, -0.05) is 96.9 Å². The van der Waals surface area contributed by atoms with Crippen LogP contribution in [0, 0.1) is 0 Å². The Morgan fingerprint density at radius 3 is 1.64 bits per heavy atom. The van der Waals surface area contributed by atoms with Crippen molar-refractivity contribution in [2.24, 2.45) is 0 Å². The van der Waals surface area contributed by atoms with Crippen LogP contribution in [0.25, 0.3) is 60.3 Å². The Labute approximate surface area is 327 Å². The van der Waals surface area contributed by atoms with E-state index in [-0.39, 0.29) is 5.41 Å². The number of nitrogens with one attached hydrogen (secondary N) is 1. The second kappa shape index (κ2) is 16.9. The molecule has 0 radical (unpaired) electrons. The molecule has 0 aliphatic rings. The van der Waals surface area contributed by atoms with Gasteiger partial charge < -0.3 is 14.8 Å². The molecule has 0 atom stereocenters. The fraction of sp³-hybridized carbons (Fsp3) is 0.320. The molecule has 0 saturated carbocycles. The summed E-state index contributed by atoms with van der Waals surface area (Å²) in [7, 11) is 0. The van der Waals surface area contributed by atoms with E-state index < -0.39 is 0 Å². The Hall–Kier alpha value is -5.42. The summed E-state index contributed by atoms with van der Waals surface area (Å²) < 4.78 is 11.9. The number of rotatable bonds is 18. The van der Waals surface area contributed by atoms with E-state index in [0.717, 1.165) is 77.4 Å². The third-order valence-electron chi connectivity index (χ3n) is 10.8. The van der Waals surface area contributed by atoms with Gasteiger partial charge in [0.2, 0.25) is 0 Å². The minimum Gasteiger partial charge on any atom is -0.493 e. The van der Waals surface area contributed by atoms with Gasteiger partial charge in [-0.2, -0.15) is 0 Å². The van der Waals surface area contributed by atoms with Crippen LogP contribution < -0.4 is 14.8 Å². The van der Waals surface area contributed by atoms with E-state index in [0.29, 0.717) is 13.2 Å². The molecule has 0 bridgehead atoms. The molecule has 0 amide bonds. The predicted octanol–water partition coefficient (Wildman–Crippen LogP) is 12.9. The van der Waals surface area contributed by atoms with E-state index in [9.17, 15) is 0 Å². The molecule has 0 fully saturated rings. The maximum Gasteiger partial charge on any atom is 0.123 e. The normalized spacial score (nSPS) is 11.8. The highest BCUT2D eigenvalue weighted by Crippen LogP contribution is 2.40. The van der Waals surface area contributed by atoms with Crippen LogP contribution in [0.5, 0.6) is 11.5 Å². The fourth-order valence-electron chi connectivity index (χ4n) is 7.65. The monoisotopic (exact) mass is 729 g/mol. The van der Waals surface area contributed by atoms with Crippen LogP contribution in [-0.2, 0) is 11.8 Å². The molecule has 0 aliphatic heterocycles. The summed E-state index contributed by atoms with van der Waals surface area (Å²) in [6, 6.07) is 33.1. The standard InChI is InChI=1S/C50H55N3O2/c1-7-10-11-21-50(5,6)47-19-17-41(33-53-47)43-29-38-14-12-36-27-42(28-37-13-15-39(30-43)49(38)48(36)37)40-16-18-46(52-32-40)34(4)51-22-20-35-25-44(54-23-8-2)31-45(26-35)55-24-9-3/h12-19,25-33,51H,4,7-11,20-24H2,1-3,5-6H3. The van der Waals surface area contributed by atoms with Gasteiger partial charge in [0, 0.05) is 47.2 Å². The molecule has 1 N–H and O–H groups in total. The van der Waals surface area contributed by atoms with Crippen LogP contribution in [0.3, 0.4) is 0 Å². The van der Waals surface area contributed by atoms with Gasteiger partial charge in [-0.05, 0) is 123 Å². The van der Waals surface area contributed by atoms with Gasteiger partial charge in [-0.3, -0.25) is 9.97 Å². The summed E-state index contributed by atoms with van der Waals surface area (Å²) in [6.45, 7) is 17.5. The van der Waals surface area contributed by atoms with Crippen molar-refractivity contribution in [3.8, 4) is 33.8 Å². The topological polar surface area (TPSA) is 56.3 Å². The molecule has 2 aromatic heterocycles. The van der Waals surface area contributed by atoms with E-state index in [1.54, 1.807) is 0 Å². The molecule has 0 saturated heterocycles. The molecule has 7 aromatic rings. The van der Waals surface area contributed by atoms with Crippen LogP contribution in [0.1, 0.15) is 90.1 Å². The van der Waals surface area contributed by atoms with Gasteiger partial charge in [0.1, 0.15) is 11.5 Å². The van der Waals surface area contributed by atoms with Crippen molar-refractivity contribution in [1.82, 2.24) is 15.3 Å². The van der Waals surface area contributed by atoms with E-state index in [1.165, 1.54) is 62.8 Å². The lowest BCUT2D eigenvalue weighted by Crippen LogP contribution is -2.18. The maximum absolute atomic E-state index is 5.93. The van der Waals surface area contributed by atoms with E-state index in [2.05, 4.69) is 138 Å². The second-order valence-corrected chi connectivity index (χ2v) is 15.6. The minimum absolute atomic E-state index is 0.0804. The van der Waals surface area contributed by atoms with Gasteiger partial charge in [0.05, 0.1) is 24.6 Å². The largest absolute Gasteiger partial charge is 0.493 e. The third kappa shape index (κ3) is 8.62. The average molecular weight is 730 g/mol. The highest BCUT2D eigenvalue weighted by atomic mass is 16.5. The highest BCUT2D eigenvalue weighted by Gasteiger charge is 2.22. The van der Waals surface area contributed by atoms with E-state index >= 15 is 0 Å². The molecule has 5 nitrogen and oxygen atoms in total. The van der Waals surface area contributed by atoms with Crippen LogP contribution in [0.2, 0.25) is 0 Å². The average Bonchev–Trinajstić information content (AvgIpc) is 3.21. The van der Waals surface area contributed by atoms with Crippen LogP contribution >= 0.6 is 0 Å². The van der Waals surface area contributed by atoms with Crippen molar-refractivity contribution in [2.75, 3.05) is 19.8 Å². The zero-order valence-electron chi connectivity index (χ0n) is 33.3. The SMILES string of the molecule is C=C(NCCc1cc(OCCC)cc(OCCC)c1)c1ccc(-c2cc3ccc4cc(-c5ccc(C(C)(C)CCCCC)nc5)cc5ccc(c2)c3c45)cn1. The fourth-order valence-corrected chi connectivity index (χ4v) is 7.65. The van der Waals surface area contributed by atoms with Crippen molar-refractivity contribution < 1.29 is 9.47 Å². The molecule has 2 heterocycles. The van der Waals surface area contributed by atoms with Crippen molar-refractivity contribution >= 4 is 38.0 Å². The van der Waals surface area contributed by atoms with E-state index in [1.807, 2.05) is 12.3 Å². The first kappa shape index (κ1) is 37.9. The zero-order valence-corrected chi connectivity index (χ0v) is 33.3. The summed E-state index contributed by atoms with van der Waals surface area (Å²) >= 11 is 0. The smallest absolute Gasteiger partial charge is 0.123 e. The first-order valence-electron chi connectivity index (χ1n) is 20.2. The molecule has 5 heteroatoms. The summed E-state index contributed by atoms with van der Waals surface area (Å²) in [5, 5.41) is 11.1. The third-order valence-corrected chi connectivity index (χ3v) is 10.8. The Bertz CT molecular complexity index is 2280. The molecule has 0 spiro atoms. The molecule has 0 unspecified atom stereocenters. The summed E-state index contributed by atoms with van der Waals surface area (Å²) in [6.07, 6.45) is 11.7. The van der Waals surface area contributed by atoms with Gasteiger partial charge in [-0.15, -0.1) is 0 Å². The lowest BCUT2D eigenvalue weighted by atomic mass is 9.83. The lowest BCUT2D eigenvalue weighted by molar-refractivity contribution is 0.301. The van der Waals surface area contributed by atoms with Gasteiger partial charge in [0.15, 0.2) is 0 Å². The Balaban J connectivity index is 1.05. The van der Waals surface area contributed by atoms with Crippen molar-refractivity contribution in [2.45, 2.75) is 85.0 Å². The van der Waals surface area contributed by atoms with Crippen LogP contribution in [-0.4, -0.2) is 29.7 Å². The number of ether oxygens (including phenoxy) is 2. The summed E-state index contributed by atoms with van der Waals surface area (Å²) in [4.78, 5) is 9.78. The van der Waals surface area contributed by atoms with Gasteiger partial charge in [-0.25, -0.2) is 0 Å². The molecule has 282 valence electrons.